The molecule has 0 fully saturated rings. The molecule has 0 saturated heterocycles. The molecule has 0 aliphatic carbocycles. The number of nitrogens with zero attached hydrogens (tertiary/aromatic N) is 4. The van der Waals surface area contributed by atoms with Crippen LogP contribution < -0.4 is 0 Å². The van der Waals surface area contributed by atoms with Gasteiger partial charge in [0.05, 0.1) is 45.3 Å². The maximum atomic E-state index is 10.7. The van der Waals surface area contributed by atoms with Crippen LogP contribution in [0, 0.1) is 0 Å². The Bertz CT molecular complexity index is 257. The number of hydrogen-bond donors (Lipinski definition) is 0. The van der Waals surface area contributed by atoms with Gasteiger partial charge in [-0.05, 0) is 10.1 Å². The van der Waals surface area contributed by atoms with Crippen LogP contribution in [0.5, 0.6) is 0 Å². The lowest BCUT2D eigenvalue weighted by Crippen LogP contribution is -2.10. The highest BCUT2D eigenvalue weighted by Crippen LogP contribution is 1.88. The number of carbonyl (C=O) groups is 1. The summed E-state index contributed by atoms with van der Waals surface area (Å²) in [6, 6.07) is 0. The molecule has 0 aromatic heterocycles. The normalized spacial score (nSPS) is 9.25. The molecule has 9 heteroatoms. The zero-order valence-electron chi connectivity index (χ0n) is 8.57. The zero-order chi connectivity index (χ0) is 12.1. The van der Waals surface area contributed by atoms with Gasteiger partial charge in [-0.1, -0.05) is 5.11 Å². The van der Waals surface area contributed by atoms with Gasteiger partial charge in [0.15, 0.2) is 0 Å². The lowest BCUT2D eigenvalue weighted by Gasteiger charge is -2.03. The van der Waals surface area contributed by atoms with E-state index in [0.717, 1.165) is 0 Å². The molecular formula is C7H12N4O4S. The van der Waals surface area contributed by atoms with Crippen LogP contribution in [-0.4, -0.2) is 38.9 Å². The standard InChI is InChI=1S/C7H12N4O4S/c8-10-9-2-4-14-6-5-13-3-1-7(12)15-11-16/h1-6H2. The largest absolute Gasteiger partial charge is 0.379 e. The second-order valence-corrected chi connectivity index (χ2v) is 2.62. The minimum Gasteiger partial charge on any atom is -0.379 e. The van der Waals surface area contributed by atoms with Gasteiger partial charge in [0.25, 0.3) is 0 Å². The van der Waals surface area contributed by atoms with Crippen molar-refractivity contribution in [3.63, 3.8) is 0 Å². The third kappa shape index (κ3) is 10.8. The Labute approximate surface area is 97.6 Å². The fourth-order valence-corrected chi connectivity index (χ4v) is 0.798. The molecular weight excluding hydrogens is 236 g/mol. The van der Waals surface area contributed by atoms with E-state index in [2.05, 4.69) is 31.8 Å². The molecule has 0 aliphatic rings. The first-order valence-corrected chi connectivity index (χ1v) is 4.86. The Morgan fingerprint density at radius 3 is 2.56 bits per heavy atom. The van der Waals surface area contributed by atoms with Crippen LogP contribution in [0.3, 0.4) is 0 Å². The fourth-order valence-electron chi connectivity index (χ4n) is 0.715. The van der Waals surface area contributed by atoms with Gasteiger partial charge in [-0.2, -0.15) is 0 Å². The Morgan fingerprint density at radius 2 is 1.94 bits per heavy atom. The molecule has 0 N–H and O–H groups in total. The molecule has 0 heterocycles. The summed E-state index contributed by atoms with van der Waals surface area (Å²) in [4.78, 5) is 17.4. The van der Waals surface area contributed by atoms with Gasteiger partial charge in [-0.25, -0.2) is 4.79 Å². The Hall–Kier alpha value is -1.28. The average molecular weight is 248 g/mol. The number of ether oxygens (including phenoxy) is 2. The molecule has 0 saturated carbocycles. The average Bonchev–Trinajstić information content (AvgIpc) is 2.27. The molecule has 90 valence electrons. The van der Waals surface area contributed by atoms with E-state index in [-0.39, 0.29) is 13.0 Å². The van der Waals surface area contributed by atoms with Gasteiger partial charge in [0.2, 0.25) is 0 Å². The van der Waals surface area contributed by atoms with E-state index in [4.69, 9.17) is 15.0 Å². The highest BCUT2D eigenvalue weighted by molar-refractivity contribution is 7.47. The van der Waals surface area contributed by atoms with Crippen LogP contribution in [0.15, 0.2) is 9.64 Å². The van der Waals surface area contributed by atoms with Crippen molar-refractivity contribution in [1.29, 1.82) is 0 Å². The molecule has 0 radical (unpaired) electrons. The molecule has 0 spiro atoms. The van der Waals surface area contributed by atoms with E-state index in [1.807, 2.05) is 0 Å². The minimum absolute atomic E-state index is 0.0961. The summed E-state index contributed by atoms with van der Waals surface area (Å²) in [6.07, 6.45) is 0.0961. The van der Waals surface area contributed by atoms with Crippen molar-refractivity contribution in [3.8, 4) is 0 Å². The Balaban J connectivity index is 3.12. The van der Waals surface area contributed by atoms with Gasteiger partial charge >= 0.3 is 5.97 Å². The predicted molar refractivity (Wildman–Crippen MR) is 56.2 cm³/mol. The van der Waals surface area contributed by atoms with Crippen LogP contribution in [-0.2, 0) is 31.5 Å². The first-order valence-electron chi connectivity index (χ1n) is 4.50. The highest BCUT2D eigenvalue weighted by Gasteiger charge is 2.01. The second-order valence-electron chi connectivity index (χ2n) is 2.47. The quantitative estimate of drug-likeness (QED) is 0.188. The summed E-state index contributed by atoms with van der Waals surface area (Å²) in [7, 11) is 0. The molecule has 0 bridgehead atoms. The molecule has 0 aliphatic heterocycles. The number of rotatable bonds is 10. The van der Waals surface area contributed by atoms with Crippen LogP contribution in [0.1, 0.15) is 6.42 Å². The third-order valence-electron chi connectivity index (χ3n) is 1.36. The number of azide groups is 1. The molecule has 0 aromatic carbocycles. The number of hydrogen-bond acceptors (Lipinski definition) is 7. The van der Waals surface area contributed by atoms with E-state index < -0.39 is 5.97 Å². The molecule has 8 nitrogen and oxygen atoms in total. The molecule has 0 rings (SSSR count). The summed E-state index contributed by atoms with van der Waals surface area (Å²) < 4.78 is 12.9. The number of carbonyl (C=O) groups excluding carboxylic acids is 1. The smallest absolute Gasteiger partial charge is 0.338 e. The predicted octanol–water partition coefficient (Wildman–Crippen LogP) is 0.909. The first kappa shape index (κ1) is 14.7. The van der Waals surface area contributed by atoms with Crippen molar-refractivity contribution in [2.24, 2.45) is 9.64 Å². The van der Waals surface area contributed by atoms with Gasteiger partial charge < -0.3 is 14.3 Å². The van der Waals surface area contributed by atoms with Crippen LogP contribution in [0.2, 0.25) is 0 Å². The van der Waals surface area contributed by atoms with Crippen molar-refractivity contribution >= 4 is 18.4 Å². The van der Waals surface area contributed by atoms with Crippen molar-refractivity contribution < 1.29 is 19.1 Å². The third-order valence-corrected chi connectivity index (χ3v) is 1.44. The molecule has 0 amide bonds. The fraction of sp³-hybridized carbons (Fsp3) is 0.857. The first-order chi connectivity index (χ1) is 7.81. The van der Waals surface area contributed by atoms with Crippen LogP contribution in [0.4, 0.5) is 0 Å². The zero-order valence-corrected chi connectivity index (χ0v) is 9.39. The Morgan fingerprint density at radius 1 is 1.25 bits per heavy atom. The van der Waals surface area contributed by atoms with Gasteiger partial charge in [0, 0.05) is 11.5 Å². The van der Waals surface area contributed by atoms with E-state index in [1.165, 1.54) is 0 Å². The molecule has 16 heavy (non-hydrogen) atoms. The van der Waals surface area contributed by atoms with E-state index in [1.54, 1.807) is 0 Å². The Kier molecular flexibility index (Phi) is 10.8. The monoisotopic (exact) mass is 248 g/mol. The van der Waals surface area contributed by atoms with E-state index in [0.29, 0.717) is 26.4 Å². The van der Waals surface area contributed by atoms with Gasteiger partial charge in [-0.3, -0.25) is 0 Å². The SMILES string of the molecule is [N-]=[N+]=NCCOCCOCCC(=O)ON=S. The van der Waals surface area contributed by atoms with Crippen molar-refractivity contribution in [2.45, 2.75) is 6.42 Å². The maximum Gasteiger partial charge on any atom is 0.338 e. The maximum absolute atomic E-state index is 10.7. The lowest BCUT2D eigenvalue weighted by atomic mass is 10.5. The summed E-state index contributed by atoms with van der Waals surface area (Å²) in [5, 5.41) is 3.28. The van der Waals surface area contributed by atoms with Gasteiger partial charge in [-0.15, -0.1) is 0 Å². The van der Waals surface area contributed by atoms with Crippen molar-refractivity contribution in [3.05, 3.63) is 10.4 Å². The van der Waals surface area contributed by atoms with Crippen molar-refractivity contribution in [2.75, 3.05) is 33.0 Å². The lowest BCUT2D eigenvalue weighted by molar-refractivity contribution is -0.144. The topological polar surface area (TPSA) is 106 Å². The highest BCUT2D eigenvalue weighted by atomic mass is 32.1. The summed E-state index contributed by atoms with van der Waals surface area (Å²) in [6.45, 7) is 1.60. The van der Waals surface area contributed by atoms with E-state index >= 15 is 0 Å². The van der Waals surface area contributed by atoms with Crippen LogP contribution in [0.25, 0.3) is 10.4 Å². The molecule has 0 unspecified atom stereocenters. The second kappa shape index (κ2) is 11.8. The van der Waals surface area contributed by atoms with Crippen molar-refractivity contribution in [1.82, 2.24) is 0 Å². The molecule has 0 atom stereocenters. The summed E-state index contributed by atoms with van der Waals surface area (Å²) in [5.74, 6) is -0.528. The molecule has 0 aromatic rings. The van der Waals surface area contributed by atoms with E-state index in [9.17, 15) is 4.79 Å². The summed E-state index contributed by atoms with van der Waals surface area (Å²) in [5.41, 5.74) is 7.95. The van der Waals surface area contributed by atoms with Gasteiger partial charge in [0.1, 0.15) is 0 Å². The minimum atomic E-state index is -0.528. The van der Waals surface area contributed by atoms with Crippen LogP contribution >= 0.6 is 0 Å². The summed E-state index contributed by atoms with van der Waals surface area (Å²) >= 11 is 4.09.